The van der Waals surface area contributed by atoms with Gasteiger partial charge in [0.25, 0.3) is 0 Å². The zero-order chi connectivity index (χ0) is 16.9. The van der Waals surface area contributed by atoms with Gasteiger partial charge in [-0.25, -0.2) is 14.6 Å². The first-order valence-corrected chi connectivity index (χ1v) is 8.21. The van der Waals surface area contributed by atoms with Gasteiger partial charge in [0, 0.05) is 37.6 Å². The van der Waals surface area contributed by atoms with E-state index in [0.717, 1.165) is 30.3 Å². The van der Waals surface area contributed by atoms with Crippen molar-refractivity contribution in [2.24, 2.45) is 0 Å². The minimum atomic E-state index is 0.348. The van der Waals surface area contributed by atoms with Crippen molar-refractivity contribution in [3.05, 3.63) is 72.1 Å². The van der Waals surface area contributed by atoms with E-state index >= 15 is 0 Å². The maximum atomic E-state index is 4.65. The van der Waals surface area contributed by atoms with E-state index in [-0.39, 0.29) is 0 Å². The Bertz CT molecular complexity index is 780. The van der Waals surface area contributed by atoms with Gasteiger partial charge in [0.1, 0.15) is 5.82 Å². The maximum Gasteiger partial charge on any atom is 0.131 e. The molecule has 0 aliphatic rings. The van der Waals surface area contributed by atoms with Gasteiger partial charge in [-0.05, 0) is 36.9 Å². The Kier molecular flexibility index (Phi) is 5.01. The minimum absolute atomic E-state index is 0.348. The highest BCUT2D eigenvalue weighted by Crippen LogP contribution is 2.13. The monoisotopic (exact) mass is 321 g/mol. The fourth-order valence-electron chi connectivity index (χ4n) is 2.64. The van der Waals surface area contributed by atoms with Crippen molar-refractivity contribution in [3.8, 4) is 5.69 Å². The molecule has 0 radical (unpaired) electrons. The van der Waals surface area contributed by atoms with Crippen LogP contribution in [0.25, 0.3) is 5.69 Å². The fraction of sp³-hybridized carbons (Fsp3) is 0.316. The van der Waals surface area contributed by atoms with E-state index in [1.807, 2.05) is 29.2 Å². The third kappa shape index (κ3) is 4.06. The molecule has 0 saturated heterocycles. The van der Waals surface area contributed by atoms with Gasteiger partial charge in [-0.2, -0.15) is 5.10 Å². The second-order valence-corrected chi connectivity index (χ2v) is 6.35. The summed E-state index contributed by atoms with van der Waals surface area (Å²) in [6.45, 7) is 5.89. The van der Waals surface area contributed by atoms with Crippen LogP contribution in [0.4, 0.5) is 0 Å². The third-order valence-electron chi connectivity index (χ3n) is 3.81. The van der Waals surface area contributed by atoms with Gasteiger partial charge in [-0.1, -0.05) is 26.0 Å². The highest BCUT2D eigenvalue weighted by atomic mass is 15.3. The molecule has 0 saturated carbocycles. The van der Waals surface area contributed by atoms with Crippen molar-refractivity contribution in [2.45, 2.75) is 32.9 Å². The smallest absolute Gasteiger partial charge is 0.131 e. The Balaban J connectivity index is 1.68. The average molecular weight is 321 g/mol. The van der Waals surface area contributed by atoms with E-state index in [1.165, 1.54) is 5.56 Å². The highest BCUT2D eigenvalue weighted by molar-refractivity contribution is 5.35. The molecule has 0 amide bonds. The topological polar surface area (TPSA) is 46.8 Å². The summed E-state index contributed by atoms with van der Waals surface area (Å²) in [5, 5.41) is 4.29. The zero-order valence-corrected chi connectivity index (χ0v) is 14.4. The zero-order valence-electron chi connectivity index (χ0n) is 14.4. The lowest BCUT2D eigenvalue weighted by Gasteiger charge is -2.17. The molecule has 3 aromatic rings. The third-order valence-corrected chi connectivity index (χ3v) is 3.81. The van der Waals surface area contributed by atoms with Gasteiger partial charge in [0.05, 0.1) is 11.4 Å². The molecule has 0 atom stereocenters. The van der Waals surface area contributed by atoms with Crippen molar-refractivity contribution in [1.82, 2.24) is 24.6 Å². The van der Waals surface area contributed by atoms with Crippen LogP contribution >= 0.6 is 0 Å². The van der Waals surface area contributed by atoms with Gasteiger partial charge in [0.15, 0.2) is 0 Å². The van der Waals surface area contributed by atoms with Crippen LogP contribution in [0.3, 0.4) is 0 Å². The van der Waals surface area contributed by atoms with Crippen LogP contribution in [0.15, 0.2) is 55.0 Å². The second-order valence-electron chi connectivity index (χ2n) is 6.35. The molecular weight excluding hydrogens is 298 g/mol. The van der Waals surface area contributed by atoms with Crippen LogP contribution in [0, 0.1) is 0 Å². The Morgan fingerprint density at radius 2 is 1.96 bits per heavy atom. The largest absolute Gasteiger partial charge is 0.296 e. The standard InChI is InChI=1S/C19H23N5/c1-15(2)19-20-10-8-17(22-19)14-23(3)13-16-6-4-7-18(12-16)24-11-5-9-21-24/h4-12,15H,13-14H2,1-3H3. The molecule has 124 valence electrons. The fourth-order valence-corrected chi connectivity index (χ4v) is 2.64. The van der Waals surface area contributed by atoms with Crippen molar-refractivity contribution in [3.63, 3.8) is 0 Å². The van der Waals surface area contributed by atoms with Gasteiger partial charge >= 0.3 is 0 Å². The number of rotatable bonds is 6. The number of benzene rings is 1. The quantitative estimate of drug-likeness (QED) is 0.698. The summed E-state index contributed by atoms with van der Waals surface area (Å²) >= 11 is 0. The molecule has 5 heteroatoms. The molecule has 2 heterocycles. The summed E-state index contributed by atoms with van der Waals surface area (Å²) in [6, 6.07) is 12.4. The summed E-state index contributed by atoms with van der Waals surface area (Å²) in [4.78, 5) is 11.2. The number of nitrogens with zero attached hydrogens (tertiary/aromatic N) is 5. The Hall–Kier alpha value is -2.53. The van der Waals surface area contributed by atoms with Crippen molar-refractivity contribution >= 4 is 0 Å². The van der Waals surface area contributed by atoms with Crippen LogP contribution in [-0.4, -0.2) is 31.7 Å². The van der Waals surface area contributed by atoms with Crippen molar-refractivity contribution in [2.75, 3.05) is 7.05 Å². The highest BCUT2D eigenvalue weighted by Gasteiger charge is 2.07. The SMILES string of the molecule is CC(C)c1nccc(CN(C)Cc2cccc(-n3cccn3)c2)n1. The van der Waals surface area contributed by atoms with Crippen molar-refractivity contribution in [1.29, 1.82) is 0 Å². The van der Waals surface area contributed by atoms with Crippen LogP contribution in [-0.2, 0) is 13.1 Å². The van der Waals surface area contributed by atoms with Crippen LogP contribution in [0.5, 0.6) is 0 Å². The average Bonchev–Trinajstić information content (AvgIpc) is 3.09. The summed E-state index contributed by atoms with van der Waals surface area (Å²) < 4.78 is 1.88. The maximum absolute atomic E-state index is 4.65. The predicted molar refractivity (Wildman–Crippen MR) is 94.9 cm³/mol. The van der Waals surface area contributed by atoms with Gasteiger partial charge in [0.2, 0.25) is 0 Å². The molecule has 0 unspecified atom stereocenters. The van der Waals surface area contributed by atoms with Gasteiger partial charge in [-0.3, -0.25) is 4.90 Å². The first-order chi connectivity index (χ1) is 11.6. The number of hydrogen-bond donors (Lipinski definition) is 0. The Morgan fingerprint density at radius 1 is 1.08 bits per heavy atom. The first-order valence-electron chi connectivity index (χ1n) is 8.21. The van der Waals surface area contributed by atoms with Crippen LogP contribution in [0.2, 0.25) is 0 Å². The molecular formula is C19H23N5. The molecule has 24 heavy (non-hydrogen) atoms. The molecule has 0 spiro atoms. The Labute approximate surface area is 143 Å². The molecule has 0 aliphatic carbocycles. The van der Waals surface area contributed by atoms with Crippen LogP contribution in [0.1, 0.15) is 36.8 Å². The van der Waals surface area contributed by atoms with E-state index in [4.69, 9.17) is 0 Å². The summed E-state index contributed by atoms with van der Waals surface area (Å²) in [5.74, 6) is 1.25. The number of hydrogen-bond acceptors (Lipinski definition) is 4. The lowest BCUT2D eigenvalue weighted by Crippen LogP contribution is -2.18. The lowest BCUT2D eigenvalue weighted by molar-refractivity contribution is 0.314. The van der Waals surface area contributed by atoms with E-state index < -0.39 is 0 Å². The lowest BCUT2D eigenvalue weighted by atomic mass is 10.2. The molecule has 2 aromatic heterocycles. The molecule has 0 fully saturated rings. The molecule has 1 aromatic carbocycles. The Morgan fingerprint density at radius 3 is 2.71 bits per heavy atom. The predicted octanol–water partition coefficient (Wildman–Crippen LogP) is 3.42. The van der Waals surface area contributed by atoms with Gasteiger partial charge in [-0.15, -0.1) is 0 Å². The summed E-state index contributed by atoms with van der Waals surface area (Å²) in [5.41, 5.74) is 3.39. The van der Waals surface area contributed by atoms with E-state index in [2.05, 4.69) is 65.1 Å². The van der Waals surface area contributed by atoms with E-state index in [9.17, 15) is 0 Å². The molecule has 5 nitrogen and oxygen atoms in total. The van der Waals surface area contributed by atoms with E-state index in [0.29, 0.717) is 5.92 Å². The molecule has 3 rings (SSSR count). The van der Waals surface area contributed by atoms with Crippen LogP contribution < -0.4 is 0 Å². The molecule has 0 N–H and O–H groups in total. The minimum Gasteiger partial charge on any atom is -0.296 e. The molecule has 0 bridgehead atoms. The normalized spacial score (nSPS) is 11.4. The van der Waals surface area contributed by atoms with Crippen molar-refractivity contribution < 1.29 is 0 Å². The first kappa shape index (κ1) is 16.3. The summed E-state index contributed by atoms with van der Waals surface area (Å²) in [6.07, 6.45) is 5.60. The molecule has 0 aliphatic heterocycles. The second kappa shape index (κ2) is 7.36. The summed E-state index contributed by atoms with van der Waals surface area (Å²) in [7, 11) is 2.11. The number of aromatic nitrogens is 4. The van der Waals surface area contributed by atoms with E-state index in [1.54, 1.807) is 6.20 Å². The van der Waals surface area contributed by atoms with Gasteiger partial charge < -0.3 is 0 Å².